The number of hydrogen-bond acceptors (Lipinski definition) is 13. The minimum Gasteiger partial charge on any atom is -0.394 e. The van der Waals surface area contributed by atoms with E-state index in [-0.39, 0.29) is 18.9 Å². The van der Waals surface area contributed by atoms with Crippen molar-refractivity contribution in [3.05, 3.63) is 109 Å². The number of carbonyl (C=O) groups is 1. The lowest BCUT2D eigenvalue weighted by Crippen LogP contribution is -2.65. The second-order valence-electron chi connectivity index (χ2n) is 28.5. The number of nitrogens with one attached hydrogen (secondary N) is 1. The van der Waals surface area contributed by atoms with Crippen LogP contribution in [-0.2, 0) is 23.7 Å². The monoisotopic (exact) mass is 1410 g/mol. The molecule has 2 fully saturated rings. The number of ether oxygens (including phenoxy) is 4. The fraction of sp³-hybridized carbons (Fsp3) is 0.779. The third kappa shape index (κ3) is 50.9. The van der Waals surface area contributed by atoms with E-state index in [0.29, 0.717) is 12.8 Å². The Hall–Kier alpha value is -3.35. The minimum absolute atomic E-state index is 0.246. The van der Waals surface area contributed by atoms with E-state index >= 15 is 0 Å². The van der Waals surface area contributed by atoms with E-state index in [1.54, 1.807) is 6.08 Å². The molecule has 0 saturated carbocycles. The molecule has 2 aliphatic heterocycles. The largest absolute Gasteiger partial charge is 0.394 e. The zero-order chi connectivity index (χ0) is 72.2. The van der Waals surface area contributed by atoms with Crippen molar-refractivity contribution in [2.45, 2.75) is 408 Å². The van der Waals surface area contributed by atoms with Gasteiger partial charge in [0.15, 0.2) is 12.6 Å². The summed E-state index contributed by atoms with van der Waals surface area (Å²) in [5, 5.41) is 87.7. The lowest BCUT2D eigenvalue weighted by atomic mass is 9.97. The number of allylic oxidation sites excluding steroid dienone is 17. The van der Waals surface area contributed by atoms with Crippen LogP contribution in [0, 0.1) is 0 Å². The van der Waals surface area contributed by atoms with Crippen LogP contribution in [-0.4, -0.2) is 140 Å². The van der Waals surface area contributed by atoms with Gasteiger partial charge in [-0.25, -0.2) is 0 Å². The molecule has 9 N–H and O–H groups in total. The van der Waals surface area contributed by atoms with E-state index < -0.39 is 86.8 Å². The van der Waals surface area contributed by atoms with Gasteiger partial charge in [0.25, 0.3) is 0 Å². The molecule has 2 aliphatic rings. The van der Waals surface area contributed by atoms with Gasteiger partial charge in [-0.05, 0) is 89.9 Å². The SMILES string of the molecule is CC/C=C\C/C=C\C/C=C\C/C=C\C/C=C\C/C=C\C/C=C\CCCCCCCCCCCCCCCCCCCCCC(=O)NC(COC1OC(CO)C(OC2OC(CO)C(O)C(O)C2O)C(O)C1O)C(O)/C=C/CC/C=C/CCCCCCCCCCCCCCCCCCCCC. The Balaban J connectivity index is 1.59. The molecule has 0 spiro atoms. The van der Waals surface area contributed by atoms with Crippen molar-refractivity contribution in [2.75, 3.05) is 19.8 Å². The second kappa shape index (κ2) is 68.7. The smallest absolute Gasteiger partial charge is 0.220 e. The summed E-state index contributed by atoms with van der Waals surface area (Å²) in [5.74, 6) is -0.246. The lowest BCUT2D eigenvalue weighted by Gasteiger charge is -2.46. The highest BCUT2D eigenvalue weighted by Gasteiger charge is 2.51. The minimum atomic E-state index is -1.80. The molecule has 100 heavy (non-hydrogen) atoms. The predicted molar refractivity (Wildman–Crippen MR) is 415 cm³/mol. The molecule has 1 amide bonds. The Morgan fingerprint density at radius 2 is 0.700 bits per heavy atom. The Morgan fingerprint density at radius 3 is 1.10 bits per heavy atom. The van der Waals surface area contributed by atoms with Crippen LogP contribution in [0.5, 0.6) is 0 Å². The summed E-state index contributed by atoms with van der Waals surface area (Å²) in [6.45, 7) is 2.71. The number of amides is 1. The molecular formula is C86H151NO13. The van der Waals surface area contributed by atoms with Gasteiger partial charge < -0.3 is 65.1 Å². The lowest BCUT2D eigenvalue weighted by molar-refractivity contribution is -0.359. The first-order valence-corrected chi connectivity index (χ1v) is 41.1. The zero-order valence-corrected chi connectivity index (χ0v) is 63.4. The molecule has 0 bridgehead atoms. The molecule has 0 aromatic rings. The molecule has 0 aromatic carbocycles. The van der Waals surface area contributed by atoms with E-state index in [2.05, 4.69) is 116 Å². The van der Waals surface area contributed by atoms with E-state index in [9.17, 15) is 45.6 Å². The van der Waals surface area contributed by atoms with Gasteiger partial charge in [-0.1, -0.05) is 348 Å². The zero-order valence-electron chi connectivity index (χ0n) is 63.4. The fourth-order valence-electron chi connectivity index (χ4n) is 13.0. The Kier molecular flexibility index (Phi) is 63.7. The standard InChI is InChI=1S/C86H151NO13/c1-3-5-7-9-11-13-15-17-19-21-23-25-27-29-30-31-32-33-34-35-36-37-38-39-40-41-42-43-44-46-48-50-52-54-56-58-60-62-64-66-68-70-78(91)87-74(73-97-85-83(96)81(94)84(77(72-89)99-85)100-86-82(95)80(93)79(92)76(71-88)98-86)75(90)69-67-65-63-61-59-57-55-53-51-49-47-45-28-26-24-22-20-18-16-14-12-10-8-6-4-2/h5,7,11,13,17,19,23,25,29-30,32-33,35-36,59,61,67,69,74-77,79-86,88-90,92-96H,3-4,6,8-10,12,14-16,18,20-22,24,26-28,31,34,37-58,60,62-66,68,70-73H2,1-2H3,(H,87,91)/b7-5-,13-11-,19-17-,25-23-,30-29-,33-32-,36-35-,61-59+,69-67+. The molecule has 12 atom stereocenters. The van der Waals surface area contributed by atoms with Crippen LogP contribution in [0.4, 0.5) is 0 Å². The maximum absolute atomic E-state index is 13.4. The first-order chi connectivity index (χ1) is 49.1. The fourth-order valence-corrected chi connectivity index (χ4v) is 13.0. The van der Waals surface area contributed by atoms with Crippen LogP contribution in [0.3, 0.4) is 0 Å². The second-order valence-corrected chi connectivity index (χ2v) is 28.5. The molecule has 2 saturated heterocycles. The Bertz CT molecular complexity index is 2100. The van der Waals surface area contributed by atoms with Gasteiger partial charge in [-0.15, -0.1) is 0 Å². The highest BCUT2D eigenvalue weighted by atomic mass is 16.7. The molecule has 2 rings (SSSR count). The topological polar surface area (TPSA) is 228 Å². The van der Waals surface area contributed by atoms with Crippen molar-refractivity contribution in [1.29, 1.82) is 0 Å². The van der Waals surface area contributed by atoms with Crippen molar-refractivity contribution in [1.82, 2.24) is 5.32 Å². The summed E-state index contributed by atoms with van der Waals surface area (Å²) in [7, 11) is 0. The van der Waals surface area contributed by atoms with Gasteiger partial charge in [0.1, 0.15) is 48.8 Å². The van der Waals surface area contributed by atoms with Gasteiger partial charge >= 0.3 is 0 Å². The van der Waals surface area contributed by atoms with Crippen molar-refractivity contribution in [3.63, 3.8) is 0 Å². The van der Waals surface area contributed by atoms with Gasteiger partial charge in [0.05, 0.1) is 32.0 Å². The molecule has 14 heteroatoms. The van der Waals surface area contributed by atoms with E-state index in [1.165, 1.54) is 225 Å². The van der Waals surface area contributed by atoms with E-state index in [1.807, 2.05) is 6.08 Å². The quantitative estimate of drug-likeness (QED) is 0.0204. The van der Waals surface area contributed by atoms with Crippen molar-refractivity contribution >= 4 is 5.91 Å². The number of aliphatic hydroxyl groups is 8. The van der Waals surface area contributed by atoms with Crippen LogP contribution in [0.15, 0.2) is 109 Å². The normalized spacial score (nSPS) is 22.4. The summed E-state index contributed by atoms with van der Waals surface area (Å²) in [6, 6.07) is -0.937. The van der Waals surface area contributed by atoms with Crippen molar-refractivity contribution in [2.24, 2.45) is 0 Å². The summed E-state index contributed by atoms with van der Waals surface area (Å²) >= 11 is 0. The highest BCUT2D eigenvalue weighted by molar-refractivity contribution is 5.76. The van der Waals surface area contributed by atoms with Crippen LogP contribution in [0.25, 0.3) is 0 Å². The van der Waals surface area contributed by atoms with E-state index in [4.69, 9.17) is 18.9 Å². The van der Waals surface area contributed by atoms with Gasteiger partial charge in [0.2, 0.25) is 5.91 Å². The molecular weight excluding hydrogens is 1250 g/mol. The van der Waals surface area contributed by atoms with Gasteiger partial charge in [0, 0.05) is 6.42 Å². The molecule has 12 unspecified atom stereocenters. The Morgan fingerprint density at radius 1 is 0.370 bits per heavy atom. The first-order valence-electron chi connectivity index (χ1n) is 41.1. The molecule has 2 heterocycles. The van der Waals surface area contributed by atoms with Crippen molar-refractivity contribution in [3.8, 4) is 0 Å². The van der Waals surface area contributed by atoms with Crippen LogP contribution >= 0.6 is 0 Å². The van der Waals surface area contributed by atoms with Crippen molar-refractivity contribution < 1.29 is 64.6 Å². The molecule has 0 aliphatic carbocycles. The number of carbonyl (C=O) groups excluding carboxylic acids is 1. The molecule has 578 valence electrons. The summed E-state index contributed by atoms with van der Waals surface area (Å²) in [4.78, 5) is 13.4. The maximum Gasteiger partial charge on any atom is 0.220 e. The third-order valence-corrected chi connectivity index (χ3v) is 19.4. The summed E-state index contributed by atoms with van der Waals surface area (Å²) in [5.41, 5.74) is 0. The average Bonchev–Trinajstić information content (AvgIpc) is 0.791. The number of unbranched alkanes of at least 4 members (excludes halogenated alkanes) is 39. The highest BCUT2D eigenvalue weighted by Crippen LogP contribution is 2.30. The van der Waals surface area contributed by atoms with E-state index in [0.717, 1.165) is 77.0 Å². The Labute approximate surface area is 610 Å². The summed E-state index contributed by atoms with van der Waals surface area (Å²) in [6.07, 6.45) is 83.2. The van der Waals surface area contributed by atoms with Crippen LogP contribution in [0.2, 0.25) is 0 Å². The number of hydrogen-bond donors (Lipinski definition) is 9. The average molecular weight is 1410 g/mol. The van der Waals surface area contributed by atoms with Gasteiger partial charge in [-0.3, -0.25) is 4.79 Å². The molecule has 0 aromatic heterocycles. The first kappa shape index (κ1) is 92.7. The number of rotatable bonds is 68. The predicted octanol–water partition coefficient (Wildman–Crippen LogP) is 19.0. The molecule has 0 radical (unpaired) electrons. The number of aliphatic hydroxyl groups excluding tert-OH is 8. The molecule has 14 nitrogen and oxygen atoms in total. The van der Waals surface area contributed by atoms with Crippen LogP contribution < -0.4 is 5.32 Å². The third-order valence-electron chi connectivity index (χ3n) is 19.4. The van der Waals surface area contributed by atoms with Crippen LogP contribution in [0.1, 0.15) is 335 Å². The maximum atomic E-state index is 13.4. The summed E-state index contributed by atoms with van der Waals surface area (Å²) < 4.78 is 22.9. The van der Waals surface area contributed by atoms with Gasteiger partial charge in [-0.2, -0.15) is 0 Å².